The van der Waals surface area contributed by atoms with E-state index >= 15 is 0 Å². The standard InChI is InChI=1S/C25H29F4N7/c1-17-9-18-10-21(35-15-31-32-16-35)4-5-22(18)24(36(17)14-25(27,28)29)23-6-3-19(11-30-23)33-20-12-34(13-20)8-2-7-26/h3-6,10-11,15-17,20,24,33H,2,7-9,12-14H2,1H3. The minimum Gasteiger partial charge on any atom is -0.378 e. The number of anilines is 1. The van der Waals surface area contributed by atoms with Gasteiger partial charge in [0.15, 0.2) is 0 Å². The van der Waals surface area contributed by atoms with Gasteiger partial charge in [0.1, 0.15) is 12.7 Å². The zero-order valence-corrected chi connectivity index (χ0v) is 20.0. The number of pyridine rings is 1. The SMILES string of the molecule is CC1Cc2cc(-n3cnnc3)ccc2C(c2ccc(NC3CN(CCCF)C3)cn2)N1CC(F)(F)F. The number of hydrogen-bond donors (Lipinski definition) is 1. The van der Waals surface area contributed by atoms with Crippen LogP contribution in [0.4, 0.5) is 23.2 Å². The number of fused-ring (bicyclic) bond motifs is 1. The van der Waals surface area contributed by atoms with Crippen molar-refractivity contribution in [1.82, 2.24) is 29.5 Å². The quantitative estimate of drug-likeness (QED) is 0.469. The highest BCUT2D eigenvalue weighted by Gasteiger charge is 2.41. The van der Waals surface area contributed by atoms with Crippen LogP contribution in [0, 0.1) is 0 Å². The third-order valence-electron chi connectivity index (χ3n) is 6.92. The van der Waals surface area contributed by atoms with Crippen LogP contribution in [0.25, 0.3) is 5.69 Å². The Morgan fingerprint density at radius 2 is 1.86 bits per heavy atom. The Balaban J connectivity index is 1.39. The normalized spacial score (nSPS) is 21.2. The highest BCUT2D eigenvalue weighted by atomic mass is 19.4. The molecule has 0 radical (unpaired) electrons. The molecule has 2 aromatic heterocycles. The first-order valence-electron chi connectivity index (χ1n) is 12.1. The molecule has 1 fully saturated rings. The van der Waals surface area contributed by atoms with Crippen molar-refractivity contribution >= 4 is 5.69 Å². The van der Waals surface area contributed by atoms with E-state index in [9.17, 15) is 17.6 Å². The molecule has 0 saturated carbocycles. The maximum absolute atomic E-state index is 13.6. The van der Waals surface area contributed by atoms with E-state index in [1.165, 1.54) is 4.90 Å². The maximum atomic E-state index is 13.6. The summed E-state index contributed by atoms with van der Waals surface area (Å²) in [6.45, 7) is 2.93. The molecule has 3 aromatic rings. The molecule has 0 spiro atoms. The van der Waals surface area contributed by atoms with Crippen molar-refractivity contribution in [2.24, 2.45) is 0 Å². The number of aromatic nitrogens is 4. The molecular weight excluding hydrogens is 474 g/mol. The van der Waals surface area contributed by atoms with Crippen LogP contribution in [0.5, 0.6) is 0 Å². The fourth-order valence-electron chi connectivity index (χ4n) is 5.20. The van der Waals surface area contributed by atoms with Crippen LogP contribution in [-0.2, 0) is 6.42 Å². The predicted octanol–water partition coefficient (Wildman–Crippen LogP) is 4.02. The van der Waals surface area contributed by atoms with Gasteiger partial charge in [0.05, 0.1) is 42.9 Å². The summed E-state index contributed by atoms with van der Waals surface area (Å²) < 4.78 is 54.9. The Labute approximate surface area is 207 Å². The number of likely N-dealkylation sites (tertiary alicyclic amines) is 1. The summed E-state index contributed by atoms with van der Waals surface area (Å²) >= 11 is 0. The van der Waals surface area contributed by atoms with Crippen molar-refractivity contribution in [2.75, 3.05) is 38.2 Å². The molecule has 1 saturated heterocycles. The average Bonchev–Trinajstić information content (AvgIpc) is 3.35. The lowest BCUT2D eigenvalue weighted by atomic mass is 9.86. The van der Waals surface area contributed by atoms with Crippen LogP contribution in [0.2, 0.25) is 0 Å². The number of nitrogens with zero attached hydrogens (tertiary/aromatic N) is 6. The molecule has 11 heteroatoms. The molecule has 2 atom stereocenters. The van der Waals surface area contributed by atoms with E-state index in [-0.39, 0.29) is 18.8 Å². The summed E-state index contributed by atoms with van der Waals surface area (Å²) in [6.07, 6.45) is 1.59. The predicted molar refractivity (Wildman–Crippen MR) is 128 cm³/mol. The molecule has 2 aliphatic rings. The van der Waals surface area contributed by atoms with Crippen molar-refractivity contribution in [3.8, 4) is 5.69 Å². The summed E-state index contributed by atoms with van der Waals surface area (Å²) in [5, 5.41) is 11.1. The summed E-state index contributed by atoms with van der Waals surface area (Å²) in [4.78, 5) is 8.28. The average molecular weight is 504 g/mol. The largest absolute Gasteiger partial charge is 0.401 e. The first-order chi connectivity index (χ1) is 17.3. The Bertz CT molecular complexity index is 1140. The summed E-state index contributed by atoms with van der Waals surface area (Å²) in [6, 6.07) is 8.75. The second-order valence-corrected chi connectivity index (χ2v) is 9.61. The Hall–Kier alpha value is -3.05. The first-order valence-corrected chi connectivity index (χ1v) is 12.1. The Morgan fingerprint density at radius 1 is 1.08 bits per heavy atom. The lowest BCUT2D eigenvalue weighted by molar-refractivity contribution is -0.155. The summed E-state index contributed by atoms with van der Waals surface area (Å²) in [7, 11) is 0. The zero-order valence-electron chi connectivity index (χ0n) is 20.0. The topological polar surface area (TPSA) is 62.1 Å². The van der Waals surface area contributed by atoms with E-state index in [1.54, 1.807) is 23.4 Å². The van der Waals surface area contributed by atoms with E-state index < -0.39 is 18.8 Å². The van der Waals surface area contributed by atoms with Gasteiger partial charge in [-0.2, -0.15) is 13.2 Å². The monoisotopic (exact) mass is 503 g/mol. The van der Waals surface area contributed by atoms with Gasteiger partial charge in [-0.1, -0.05) is 6.07 Å². The van der Waals surface area contributed by atoms with Crippen LogP contribution < -0.4 is 5.32 Å². The minimum absolute atomic E-state index is 0.255. The van der Waals surface area contributed by atoms with Crippen molar-refractivity contribution in [1.29, 1.82) is 0 Å². The highest BCUT2D eigenvalue weighted by Crippen LogP contribution is 2.39. The zero-order chi connectivity index (χ0) is 25.3. The molecule has 0 bridgehead atoms. The molecule has 0 amide bonds. The molecule has 5 rings (SSSR count). The second kappa shape index (κ2) is 10.1. The van der Waals surface area contributed by atoms with E-state index in [0.717, 1.165) is 42.1 Å². The molecule has 7 nitrogen and oxygen atoms in total. The van der Waals surface area contributed by atoms with Gasteiger partial charge in [-0.05, 0) is 55.2 Å². The second-order valence-electron chi connectivity index (χ2n) is 9.61. The van der Waals surface area contributed by atoms with Crippen molar-refractivity contribution in [3.63, 3.8) is 0 Å². The van der Waals surface area contributed by atoms with Crippen molar-refractivity contribution in [3.05, 3.63) is 66.0 Å². The fraction of sp³-hybridized carbons (Fsp3) is 0.480. The molecular formula is C25H29F4N7. The van der Waals surface area contributed by atoms with Crippen LogP contribution in [-0.4, -0.2) is 80.7 Å². The van der Waals surface area contributed by atoms with Gasteiger partial charge in [0.2, 0.25) is 0 Å². The van der Waals surface area contributed by atoms with Gasteiger partial charge < -0.3 is 5.32 Å². The number of benzene rings is 1. The van der Waals surface area contributed by atoms with Crippen LogP contribution in [0.15, 0.2) is 49.2 Å². The van der Waals surface area contributed by atoms with Gasteiger partial charge in [-0.3, -0.25) is 23.7 Å². The summed E-state index contributed by atoms with van der Waals surface area (Å²) in [5.74, 6) is 0. The van der Waals surface area contributed by atoms with Gasteiger partial charge in [-0.25, -0.2) is 0 Å². The minimum atomic E-state index is -4.33. The molecule has 192 valence electrons. The number of hydrogen-bond acceptors (Lipinski definition) is 6. The van der Waals surface area contributed by atoms with Gasteiger partial charge in [-0.15, -0.1) is 10.2 Å². The van der Waals surface area contributed by atoms with Gasteiger partial charge in [0.25, 0.3) is 0 Å². The van der Waals surface area contributed by atoms with Crippen molar-refractivity contribution < 1.29 is 17.6 Å². The third kappa shape index (κ3) is 5.36. The van der Waals surface area contributed by atoms with Gasteiger partial charge >= 0.3 is 6.18 Å². The summed E-state index contributed by atoms with van der Waals surface area (Å²) in [5.41, 5.74) is 4.08. The Morgan fingerprint density at radius 3 is 2.53 bits per heavy atom. The molecule has 2 aliphatic heterocycles. The third-order valence-corrected chi connectivity index (χ3v) is 6.92. The molecule has 0 aliphatic carbocycles. The van der Waals surface area contributed by atoms with E-state index in [4.69, 9.17) is 0 Å². The maximum Gasteiger partial charge on any atom is 0.401 e. The van der Waals surface area contributed by atoms with Crippen LogP contribution >= 0.6 is 0 Å². The highest BCUT2D eigenvalue weighted by molar-refractivity contribution is 5.48. The Kier molecular flexibility index (Phi) is 6.94. The van der Waals surface area contributed by atoms with Crippen molar-refractivity contribution in [2.45, 2.75) is 44.1 Å². The number of alkyl halides is 4. The lowest BCUT2D eigenvalue weighted by Crippen LogP contribution is -2.54. The van der Waals surface area contributed by atoms with Gasteiger partial charge in [0, 0.05) is 31.4 Å². The lowest BCUT2D eigenvalue weighted by Gasteiger charge is -2.42. The van der Waals surface area contributed by atoms with E-state index in [1.807, 2.05) is 37.3 Å². The number of halogens is 4. The molecule has 2 unspecified atom stereocenters. The molecule has 36 heavy (non-hydrogen) atoms. The fourth-order valence-corrected chi connectivity index (χ4v) is 5.20. The molecule has 1 aromatic carbocycles. The molecule has 1 N–H and O–H groups in total. The first kappa shape index (κ1) is 24.6. The smallest absolute Gasteiger partial charge is 0.378 e. The number of rotatable bonds is 8. The van der Waals surface area contributed by atoms with E-state index in [2.05, 4.69) is 25.4 Å². The molecule has 4 heterocycles. The van der Waals surface area contributed by atoms with Crippen LogP contribution in [0.3, 0.4) is 0 Å². The van der Waals surface area contributed by atoms with E-state index in [0.29, 0.717) is 18.5 Å². The van der Waals surface area contributed by atoms with Crippen LogP contribution in [0.1, 0.15) is 36.2 Å². The number of nitrogens with one attached hydrogen (secondary N) is 1.